The van der Waals surface area contributed by atoms with Gasteiger partial charge in [0.15, 0.2) is 10.8 Å². The van der Waals surface area contributed by atoms with Crippen LogP contribution < -0.4 is 15.5 Å². The normalized spacial score (nSPS) is 11.0. The Hall–Kier alpha value is -3.59. The summed E-state index contributed by atoms with van der Waals surface area (Å²) in [5, 5.41) is 20.0. The van der Waals surface area contributed by atoms with Crippen molar-refractivity contribution >= 4 is 34.4 Å². The van der Waals surface area contributed by atoms with Crippen molar-refractivity contribution in [3.8, 4) is 11.4 Å². The number of rotatable bonds is 6. The van der Waals surface area contributed by atoms with Gasteiger partial charge in [0.2, 0.25) is 5.91 Å². The van der Waals surface area contributed by atoms with Crippen LogP contribution in [0.2, 0.25) is 0 Å². The standard InChI is InChI=1S/C23H24N6O2S/c1-13-5-6-16(11-14(13)2)25-19(30)12-32-23-26-22-20(15(3)27-28-22)21(24)29(23)17-7-9-18(31-4)10-8-17/h5-11,24H,12H2,1-4H3,(H,25,30)(H,27,28). The average Bonchev–Trinajstić information content (AvgIpc) is 3.16. The molecule has 2 aromatic heterocycles. The number of H-pyrrole nitrogens is 1. The monoisotopic (exact) mass is 448 g/mol. The molecule has 3 N–H and O–H groups in total. The molecule has 2 heterocycles. The number of methoxy groups -OCH3 is 1. The largest absolute Gasteiger partial charge is 0.497 e. The molecule has 0 radical (unpaired) electrons. The van der Waals surface area contributed by atoms with E-state index in [0.717, 1.165) is 22.7 Å². The third kappa shape index (κ3) is 4.24. The molecule has 0 spiro atoms. The maximum atomic E-state index is 12.6. The Labute approximate surface area is 189 Å². The van der Waals surface area contributed by atoms with E-state index in [-0.39, 0.29) is 17.1 Å². The number of amides is 1. The van der Waals surface area contributed by atoms with E-state index in [1.807, 2.05) is 63.2 Å². The first-order chi connectivity index (χ1) is 15.4. The molecular formula is C23H24N6O2S. The van der Waals surface area contributed by atoms with E-state index in [4.69, 9.17) is 10.1 Å². The molecular weight excluding hydrogens is 424 g/mol. The Balaban J connectivity index is 1.65. The molecule has 4 aromatic rings. The lowest BCUT2D eigenvalue weighted by Gasteiger charge is -2.14. The number of ether oxygens (including phenoxy) is 1. The fourth-order valence-corrected chi connectivity index (χ4v) is 4.17. The number of aromatic nitrogens is 4. The summed E-state index contributed by atoms with van der Waals surface area (Å²) in [6.45, 7) is 5.88. The van der Waals surface area contributed by atoms with Crippen molar-refractivity contribution < 1.29 is 9.53 Å². The van der Waals surface area contributed by atoms with E-state index in [2.05, 4.69) is 20.5 Å². The summed E-state index contributed by atoms with van der Waals surface area (Å²) >= 11 is 1.27. The van der Waals surface area contributed by atoms with E-state index in [1.54, 1.807) is 11.7 Å². The molecule has 0 saturated carbocycles. The van der Waals surface area contributed by atoms with Crippen LogP contribution in [0.1, 0.15) is 16.8 Å². The second kappa shape index (κ2) is 8.88. The third-order valence-corrected chi connectivity index (χ3v) is 6.18. The molecule has 0 fully saturated rings. The number of thioether (sulfide) groups is 1. The zero-order valence-electron chi connectivity index (χ0n) is 18.3. The molecule has 0 atom stereocenters. The van der Waals surface area contributed by atoms with Gasteiger partial charge in [-0.05, 0) is 68.3 Å². The van der Waals surface area contributed by atoms with Crippen LogP contribution in [0, 0.1) is 26.2 Å². The molecule has 8 nitrogen and oxygen atoms in total. The minimum atomic E-state index is -0.145. The number of hydrogen-bond donors (Lipinski definition) is 3. The zero-order chi connectivity index (χ0) is 22.8. The SMILES string of the molecule is COc1ccc(-n2c(SCC(=O)Nc3ccc(C)c(C)c3)nc3[nH]nc(C)c3c2=N)cc1. The molecule has 9 heteroatoms. The van der Waals surface area contributed by atoms with Crippen molar-refractivity contribution in [2.45, 2.75) is 25.9 Å². The van der Waals surface area contributed by atoms with Gasteiger partial charge in [0, 0.05) is 11.4 Å². The molecule has 0 saturated heterocycles. The number of nitrogens with one attached hydrogen (secondary N) is 3. The van der Waals surface area contributed by atoms with Crippen molar-refractivity contribution in [2.24, 2.45) is 0 Å². The van der Waals surface area contributed by atoms with Gasteiger partial charge in [0.1, 0.15) is 11.2 Å². The van der Waals surface area contributed by atoms with E-state index >= 15 is 0 Å². The third-order valence-electron chi connectivity index (χ3n) is 5.24. The fourth-order valence-electron chi connectivity index (χ4n) is 3.35. The van der Waals surface area contributed by atoms with Crippen LogP contribution >= 0.6 is 11.8 Å². The molecule has 0 bridgehead atoms. The van der Waals surface area contributed by atoms with Crippen LogP contribution in [0.3, 0.4) is 0 Å². The second-order valence-electron chi connectivity index (χ2n) is 7.44. The lowest BCUT2D eigenvalue weighted by atomic mass is 10.1. The maximum Gasteiger partial charge on any atom is 0.234 e. The summed E-state index contributed by atoms with van der Waals surface area (Å²) in [7, 11) is 1.61. The van der Waals surface area contributed by atoms with Gasteiger partial charge in [-0.25, -0.2) is 4.98 Å². The molecule has 32 heavy (non-hydrogen) atoms. The van der Waals surface area contributed by atoms with Crippen LogP contribution in [0.4, 0.5) is 5.69 Å². The number of hydrogen-bond acceptors (Lipinski definition) is 6. The number of carbonyl (C=O) groups excluding carboxylic acids is 1. The smallest absolute Gasteiger partial charge is 0.234 e. The van der Waals surface area contributed by atoms with Gasteiger partial charge in [-0.3, -0.25) is 19.9 Å². The summed E-state index contributed by atoms with van der Waals surface area (Å²) in [5.74, 6) is 0.721. The Morgan fingerprint density at radius 2 is 1.91 bits per heavy atom. The minimum Gasteiger partial charge on any atom is -0.497 e. The first-order valence-corrected chi connectivity index (χ1v) is 11.0. The Morgan fingerprint density at radius 1 is 1.16 bits per heavy atom. The molecule has 164 valence electrons. The zero-order valence-corrected chi connectivity index (χ0v) is 19.1. The van der Waals surface area contributed by atoms with Crippen molar-refractivity contribution in [3.05, 3.63) is 64.8 Å². The van der Waals surface area contributed by atoms with Crippen LogP contribution in [-0.2, 0) is 4.79 Å². The topological polar surface area (TPSA) is 109 Å². The highest BCUT2D eigenvalue weighted by molar-refractivity contribution is 7.99. The molecule has 0 aliphatic carbocycles. The van der Waals surface area contributed by atoms with Crippen LogP contribution in [0.15, 0.2) is 47.6 Å². The molecule has 0 unspecified atom stereocenters. The fraction of sp³-hybridized carbons (Fsp3) is 0.217. The van der Waals surface area contributed by atoms with Crippen LogP contribution in [-0.4, -0.2) is 38.5 Å². The number of anilines is 1. The highest BCUT2D eigenvalue weighted by Crippen LogP contribution is 2.23. The summed E-state index contributed by atoms with van der Waals surface area (Å²) < 4.78 is 6.97. The van der Waals surface area contributed by atoms with Crippen molar-refractivity contribution in [2.75, 3.05) is 18.2 Å². The van der Waals surface area contributed by atoms with Gasteiger partial charge in [0.05, 0.1) is 23.9 Å². The number of fused-ring (bicyclic) bond motifs is 1. The highest BCUT2D eigenvalue weighted by Gasteiger charge is 2.16. The molecule has 1 amide bonds. The highest BCUT2D eigenvalue weighted by atomic mass is 32.2. The van der Waals surface area contributed by atoms with E-state index < -0.39 is 0 Å². The van der Waals surface area contributed by atoms with E-state index in [9.17, 15) is 4.79 Å². The van der Waals surface area contributed by atoms with Crippen molar-refractivity contribution in [1.29, 1.82) is 5.41 Å². The number of carbonyl (C=O) groups is 1. The molecule has 2 aromatic carbocycles. The van der Waals surface area contributed by atoms with Gasteiger partial charge >= 0.3 is 0 Å². The first-order valence-electron chi connectivity index (χ1n) is 10.0. The van der Waals surface area contributed by atoms with Gasteiger partial charge < -0.3 is 10.1 Å². The van der Waals surface area contributed by atoms with Crippen molar-refractivity contribution in [3.63, 3.8) is 0 Å². The van der Waals surface area contributed by atoms with Gasteiger partial charge in [-0.15, -0.1) is 0 Å². The Kier molecular flexibility index (Phi) is 6.00. The lowest BCUT2D eigenvalue weighted by molar-refractivity contribution is -0.113. The number of benzene rings is 2. The van der Waals surface area contributed by atoms with Crippen molar-refractivity contribution in [1.82, 2.24) is 19.7 Å². The number of nitrogens with zero attached hydrogens (tertiary/aromatic N) is 3. The van der Waals surface area contributed by atoms with E-state index in [0.29, 0.717) is 21.9 Å². The second-order valence-corrected chi connectivity index (χ2v) is 8.39. The number of aryl methyl sites for hydroxylation is 3. The van der Waals surface area contributed by atoms with E-state index in [1.165, 1.54) is 17.3 Å². The van der Waals surface area contributed by atoms with Gasteiger partial charge in [0.25, 0.3) is 0 Å². The summed E-state index contributed by atoms with van der Waals surface area (Å²) in [6.07, 6.45) is 0. The van der Waals surface area contributed by atoms with Crippen LogP contribution in [0.25, 0.3) is 16.7 Å². The first kappa shape index (κ1) is 21.6. The maximum absolute atomic E-state index is 12.6. The quantitative estimate of drug-likeness (QED) is 0.306. The molecule has 4 rings (SSSR count). The molecule has 0 aliphatic heterocycles. The summed E-state index contributed by atoms with van der Waals surface area (Å²) in [6, 6.07) is 13.2. The number of aromatic amines is 1. The van der Waals surface area contributed by atoms with Gasteiger partial charge in [-0.1, -0.05) is 17.8 Å². The average molecular weight is 449 g/mol. The van der Waals surface area contributed by atoms with Gasteiger partial charge in [-0.2, -0.15) is 5.10 Å². The van der Waals surface area contributed by atoms with Crippen LogP contribution in [0.5, 0.6) is 5.75 Å². The minimum absolute atomic E-state index is 0.145. The summed E-state index contributed by atoms with van der Waals surface area (Å²) in [5.41, 5.74) is 5.28. The summed E-state index contributed by atoms with van der Waals surface area (Å²) in [4.78, 5) is 17.3. The predicted molar refractivity (Wildman–Crippen MR) is 126 cm³/mol. The predicted octanol–water partition coefficient (Wildman–Crippen LogP) is 3.89. The Morgan fingerprint density at radius 3 is 2.59 bits per heavy atom. The Bertz CT molecular complexity index is 1360. The lowest BCUT2D eigenvalue weighted by Crippen LogP contribution is -2.23. The molecule has 0 aliphatic rings.